The van der Waals surface area contributed by atoms with Crippen LogP contribution in [-0.2, 0) is 35.2 Å². The normalized spacial score (nSPS) is 14.8. The molecular formula is C40H67N7O6. The fraction of sp³-hybridized carbons (Fsp3) is 0.625. The van der Waals surface area contributed by atoms with Crippen LogP contribution in [-0.4, -0.2) is 91.9 Å². The maximum absolute atomic E-state index is 14.2. The first-order valence-electron chi connectivity index (χ1n) is 18.9. The van der Waals surface area contributed by atoms with Crippen LogP contribution < -0.4 is 32.1 Å². The summed E-state index contributed by atoms with van der Waals surface area (Å²) in [5, 5.41) is 15.1. The van der Waals surface area contributed by atoms with Gasteiger partial charge in [0, 0.05) is 38.0 Å². The Morgan fingerprint density at radius 1 is 0.906 bits per heavy atom. The van der Waals surface area contributed by atoms with Crippen molar-refractivity contribution < 1.29 is 28.8 Å². The number of likely N-dealkylation sites (N-methyl/N-ethyl adjacent to an activating group) is 2. The summed E-state index contributed by atoms with van der Waals surface area (Å²) in [7, 11) is 3.06. The molecule has 5 atom stereocenters. The third kappa shape index (κ3) is 17.0. The van der Waals surface area contributed by atoms with Gasteiger partial charge in [-0.1, -0.05) is 91.3 Å². The van der Waals surface area contributed by atoms with Crippen molar-refractivity contribution in [3.05, 3.63) is 59.8 Å². The Bertz CT molecular complexity index is 1360. The molecule has 0 fully saturated rings. The largest absolute Gasteiger partial charge is 0.355 e. The number of allylic oxidation sites excluding steroid dienone is 1. The monoisotopic (exact) mass is 742 g/mol. The summed E-state index contributed by atoms with van der Waals surface area (Å²) in [5.41, 5.74) is 3.57. The number of carbonyl (C=O) groups is 5. The highest BCUT2D eigenvalue weighted by molar-refractivity contribution is 5.99. The van der Waals surface area contributed by atoms with E-state index >= 15 is 0 Å². The summed E-state index contributed by atoms with van der Waals surface area (Å²) in [6.07, 6.45) is 6.98. The van der Waals surface area contributed by atoms with E-state index in [9.17, 15) is 24.0 Å². The molecule has 1 aromatic rings. The smallest absolute Gasteiger partial charge is 0.251 e. The average Bonchev–Trinajstić information content (AvgIpc) is 3.10. The van der Waals surface area contributed by atoms with Crippen LogP contribution in [0.15, 0.2) is 54.3 Å². The minimum absolute atomic E-state index is 0.111. The number of hydrogen-bond acceptors (Lipinski definition) is 8. The molecule has 0 bridgehead atoms. The van der Waals surface area contributed by atoms with Crippen LogP contribution in [0, 0.1) is 11.3 Å². The molecule has 2 unspecified atom stereocenters. The molecule has 13 nitrogen and oxygen atoms in total. The van der Waals surface area contributed by atoms with Gasteiger partial charge in [-0.15, -0.1) is 0 Å². The summed E-state index contributed by atoms with van der Waals surface area (Å²) in [6, 6.07) is 6.29. The van der Waals surface area contributed by atoms with E-state index in [0.717, 1.165) is 5.56 Å². The zero-order valence-electron chi connectivity index (χ0n) is 33.9. The predicted octanol–water partition coefficient (Wildman–Crippen LogP) is 3.52. The number of benzene rings is 1. The maximum Gasteiger partial charge on any atom is 0.251 e. The van der Waals surface area contributed by atoms with Crippen LogP contribution >= 0.6 is 0 Å². The van der Waals surface area contributed by atoms with Gasteiger partial charge in [-0.25, -0.2) is 0 Å². The van der Waals surface area contributed by atoms with E-state index in [-0.39, 0.29) is 41.5 Å². The molecule has 0 aliphatic carbocycles. The van der Waals surface area contributed by atoms with Crippen molar-refractivity contribution in [1.29, 1.82) is 0 Å². The summed E-state index contributed by atoms with van der Waals surface area (Å²) < 4.78 is 0. The van der Waals surface area contributed by atoms with E-state index in [4.69, 9.17) is 4.84 Å². The van der Waals surface area contributed by atoms with Gasteiger partial charge < -0.3 is 31.5 Å². The van der Waals surface area contributed by atoms with Crippen LogP contribution in [0.2, 0.25) is 0 Å². The molecule has 0 aliphatic heterocycles. The van der Waals surface area contributed by atoms with Crippen molar-refractivity contribution in [2.24, 2.45) is 11.3 Å². The molecule has 1 rings (SSSR count). The molecule has 0 radical (unpaired) electrons. The number of nitrogens with one attached hydrogen (secondary N) is 6. The lowest BCUT2D eigenvalue weighted by molar-refractivity contribution is -0.142. The summed E-state index contributed by atoms with van der Waals surface area (Å²) in [4.78, 5) is 73.9. The highest BCUT2D eigenvalue weighted by Gasteiger charge is 2.35. The fourth-order valence-corrected chi connectivity index (χ4v) is 5.87. The van der Waals surface area contributed by atoms with Crippen molar-refractivity contribution in [2.75, 3.05) is 27.2 Å². The van der Waals surface area contributed by atoms with E-state index in [2.05, 4.69) is 32.1 Å². The third-order valence-electron chi connectivity index (χ3n) is 8.73. The summed E-state index contributed by atoms with van der Waals surface area (Å²) in [5.74, 6) is -1.77. The Balaban J connectivity index is 3.31. The Hall–Kier alpha value is -4.23. The minimum atomic E-state index is -0.891. The second kappa shape index (κ2) is 24.2. The van der Waals surface area contributed by atoms with Gasteiger partial charge in [0.05, 0.1) is 13.2 Å². The molecule has 0 saturated heterocycles. The second-order valence-corrected chi connectivity index (χ2v) is 14.8. The first kappa shape index (κ1) is 46.8. The molecular weight excluding hydrogens is 674 g/mol. The Morgan fingerprint density at radius 3 is 2.09 bits per heavy atom. The fourth-order valence-electron chi connectivity index (χ4n) is 5.87. The van der Waals surface area contributed by atoms with Crippen LogP contribution in [0.5, 0.6) is 0 Å². The van der Waals surface area contributed by atoms with Crippen molar-refractivity contribution in [3.8, 4) is 0 Å². The van der Waals surface area contributed by atoms with Crippen LogP contribution in [0.1, 0.15) is 93.6 Å². The number of nitrogens with zero attached hydrogens (tertiary/aromatic N) is 1. The lowest BCUT2D eigenvalue weighted by Gasteiger charge is -2.34. The quantitative estimate of drug-likeness (QED) is 0.0563. The van der Waals surface area contributed by atoms with E-state index in [1.165, 1.54) is 18.2 Å². The molecule has 0 spiro atoms. The number of amides is 5. The molecule has 13 heteroatoms. The third-order valence-corrected chi connectivity index (χ3v) is 8.73. The number of carbonyl (C=O) groups excluding carboxylic acids is 5. The van der Waals surface area contributed by atoms with Crippen LogP contribution in [0.3, 0.4) is 0 Å². The highest BCUT2D eigenvalue weighted by Crippen LogP contribution is 2.23. The van der Waals surface area contributed by atoms with Crippen molar-refractivity contribution in [1.82, 2.24) is 37.0 Å². The van der Waals surface area contributed by atoms with Gasteiger partial charge in [-0.3, -0.25) is 34.3 Å². The number of rotatable bonds is 23. The lowest BCUT2D eigenvalue weighted by atomic mass is 9.87. The Kier molecular flexibility index (Phi) is 21.3. The predicted molar refractivity (Wildman–Crippen MR) is 210 cm³/mol. The first-order chi connectivity index (χ1) is 25.0. The van der Waals surface area contributed by atoms with Crippen molar-refractivity contribution in [3.63, 3.8) is 0 Å². The van der Waals surface area contributed by atoms with E-state index in [0.29, 0.717) is 44.2 Å². The maximum atomic E-state index is 14.2. The van der Waals surface area contributed by atoms with Crippen LogP contribution in [0.25, 0.3) is 0 Å². The molecule has 0 heterocycles. The average molecular weight is 742 g/mol. The van der Waals surface area contributed by atoms with E-state index in [1.54, 1.807) is 26.1 Å². The molecule has 1 aromatic carbocycles. The van der Waals surface area contributed by atoms with Crippen molar-refractivity contribution in [2.45, 2.75) is 125 Å². The molecule has 5 amide bonds. The first-order valence-corrected chi connectivity index (χ1v) is 18.9. The van der Waals surface area contributed by atoms with Gasteiger partial charge in [0.15, 0.2) is 0 Å². The van der Waals surface area contributed by atoms with Gasteiger partial charge in [0.25, 0.3) is 5.91 Å². The van der Waals surface area contributed by atoms with E-state index < -0.39 is 36.1 Å². The highest BCUT2D eigenvalue weighted by atomic mass is 16.6. The zero-order chi connectivity index (χ0) is 40.1. The van der Waals surface area contributed by atoms with Gasteiger partial charge in [-0.2, -0.15) is 0 Å². The second-order valence-electron chi connectivity index (χ2n) is 14.8. The summed E-state index contributed by atoms with van der Waals surface area (Å²) in [6.45, 7) is 17.8. The Morgan fingerprint density at radius 2 is 1.57 bits per heavy atom. The van der Waals surface area contributed by atoms with Gasteiger partial charge >= 0.3 is 0 Å². The SMILES string of the molecule is C/C=C(\C=C/NOC)C(=O)N[C@@H](CC(C)(C)C)C(=O)N(C)C(CCC)C(=O)N[C@H](CNC(CC)C(=O)N[C@H](C(=O)NCC)C(C)C)Cc1ccccc1. The standard InChI is InChI=1S/C40H67N7O6/c1-12-19-33(47(10)39(52)32(25-40(7,8)9)45-35(48)29(13-2)22-23-43-53-11)37(50)44-30(24-28-20-17-16-18-21-28)26-42-31(14-3)36(49)46-34(27(5)6)38(51)41-15-4/h13,16-18,20-23,27,30-34,42-43H,12,14-15,19,24-26H2,1-11H3,(H,41,51)(H,44,50)(H,45,48)(H,46,49)/b23-22-,29-13+/t30-,31?,32-,33?,34-/m0/s1. The van der Waals surface area contributed by atoms with Gasteiger partial charge in [-0.05, 0) is 62.5 Å². The zero-order valence-corrected chi connectivity index (χ0v) is 33.9. The number of hydrogen-bond donors (Lipinski definition) is 6. The Labute approximate surface area is 317 Å². The van der Waals surface area contributed by atoms with Crippen molar-refractivity contribution >= 4 is 29.5 Å². The molecule has 53 heavy (non-hydrogen) atoms. The molecule has 298 valence electrons. The van der Waals surface area contributed by atoms with E-state index in [1.807, 2.05) is 85.7 Å². The topological polar surface area (TPSA) is 170 Å². The van der Waals surface area contributed by atoms with Gasteiger partial charge in [0.1, 0.15) is 18.1 Å². The number of hydroxylamine groups is 1. The molecule has 6 N–H and O–H groups in total. The lowest BCUT2D eigenvalue weighted by Crippen LogP contribution is -2.58. The minimum Gasteiger partial charge on any atom is -0.355 e. The molecule has 0 aromatic heterocycles. The summed E-state index contributed by atoms with van der Waals surface area (Å²) >= 11 is 0. The molecule has 0 saturated carbocycles. The van der Waals surface area contributed by atoms with Gasteiger partial charge in [0.2, 0.25) is 23.6 Å². The van der Waals surface area contributed by atoms with Crippen LogP contribution in [0.4, 0.5) is 0 Å². The molecule has 0 aliphatic rings.